The fourth-order valence-electron chi connectivity index (χ4n) is 2.32. The van der Waals surface area contributed by atoms with Crippen molar-refractivity contribution in [3.8, 4) is 5.75 Å². The molecule has 2 aromatic rings. The van der Waals surface area contributed by atoms with Gasteiger partial charge in [-0.3, -0.25) is 14.9 Å². The van der Waals surface area contributed by atoms with Crippen LogP contribution in [0.5, 0.6) is 5.75 Å². The maximum Gasteiger partial charge on any atom is 0.261 e. The van der Waals surface area contributed by atoms with E-state index in [4.69, 9.17) is 17.0 Å². The highest BCUT2D eigenvalue weighted by Crippen LogP contribution is 2.19. The zero-order valence-corrected chi connectivity index (χ0v) is 16.4. The molecule has 0 aliphatic rings. The summed E-state index contributed by atoms with van der Waals surface area (Å²) < 4.78 is 5.66. The summed E-state index contributed by atoms with van der Waals surface area (Å²) in [6.45, 7) is 3.79. The molecular weight excluding hydrogens is 362 g/mol. The van der Waals surface area contributed by atoms with E-state index in [-0.39, 0.29) is 23.0 Å². The summed E-state index contributed by atoms with van der Waals surface area (Å²) >= 11 is 5.22. The zero-order chi connectivity index (χ0) is 19.8. The highest BCUT2D eigenvalue weighted by molar-refractivity contribution is 7.80. The third kappa shape index (κ3) is 6.38. The number of hydrogen-bond donors (Lipinski definition) is 3. The van der Waals surface area contributed by atoms with E-state index >= 15 is 0 Å². The number of carbonyl (C=O) groups is 2. The molecule has 0 aliphatic carbocycles. The van der Waals surface area contributed by atoms with Gasteiger partial charge in [-0.15, -0.1) is 0 Å². The first-order chi connectivity index (χ1) is 12.9. The number of para-hydroxylation sites is 1. The second-order valence-corrected chi connectivity index (χ2v) is 6.53. The molecule has 0 heterocycles. The Labute approximate surface area is 164 Å². The number of nitrogens with one attached hydrogen (secondary N) is 3. The van der Waals surface area contributed by atoms with Crippen LogP contribution in [0.15, 0.2) is 48.5 Å². The average molecular weight is 385 g/mol. The minimum absolute atomic E-state index is 0.0441. The summed E-state index contributed by atoms with van der Waals surface area (Å²) in [5.41, 5.74) is 2.01. The van der Waals surface area contributed by atoms with Crippen LogP contribution >= 0.6 is 12.2 Å². The molecule has 0 saturated carbocycles. The van der Waals surface area contributed by atoms with Crippen molar-refractivity contribution in [1.82, 2.24) is 10.6 Å². The molecule has 0 aliphatic heterocycles. The number of likely N-dealkylation sites (N-methyl/N-ethyl adjacent to an activating group) is 1. The van der Waals surface area contributed by atoms with Crippen molar-refractivity contribution in [2.45, 2.75) is 26.4 Å². The van der Waals surface area contributed by atoms with E-state index in [0.29, 0.717) is 23.4 Å². The van der Waals surface area contributed by atoms with Crippen molar-refractivity contribution < 1.29 is 14.3 Å². The van der Waals surface area contributed by atoms with Crippen LogP contribution in [0.25, 0.3) is 0 Å². The van der Waals surface area contributed by atoms with E-state index < -0.39 is 0 Å². The molecule has 0 saturated heterocycles. The maximum absolute atomic E-state index is 12.5. The summed E-state index contributed by atoms with van der Waals surface area (Å²) in [6, 6.07) is 14.3. The number of ether oxygens (including phenoxy) is 1. The van der Waals surface area contributed by atoms with E-state index in [1.54, 1.807) is 37.4 Å². The van der Waals surface area contributed by atoms with Gasteiger partial charge >= 0.3 is 0 Å². The number of hydrogen-bond acceptors (Lipinski definition) is 4. The van der Waals surface area contributed by atoms with Crippen LogP contribution in [0.3, 0.4) is 0 Å². The molecule has 0 atom stereocenters. The highest BCUT2D eigenvalue weighted by Gasteiger charge is 2.14. The van der Waals surface area contributed by atoms with Crippen LogP contribution in [0.4, 0.5) is 5.69 Å². The maximum atomic E-state index is 12.5. The first kappa shape index (κ1) is 20.4. The number of carbonyl (C=O) groups excluding carboxylic acids is 2. The molecule has 142 valence electrons. The minimum atomic E-state index is -0.347. The van der Waals surface area contributed by atoms with Gasteiger partial charge in [0.25, 0.3) is 5.91 Å². The lowest BCUT2D eigenvalue weighted by atomic mass is 10.1. The van der Waals surface area contributed by atoms with E-state index in [0.717, 1.165) is 5.56 Å². The monoisotopic (exact) mass is 385 g/mol. The summed E-state index contributed by atoms with van der Waals surface area (Å²) in [6.07, 6.45) is 0.266. The molecule has 3 N–H and O–H groups in total. The molecule has 0 bridgehead atoms. The molecule has 0 spiro atoms. The molecule has 0 radical (unpaired) electrons. The molecular formula is C20H23N3O3S. The smallest absolute Gasteiger partial charge is 0.261 e. The summed E-state index contributed by atoms with van der Waals surface area (Å²) in [5, 5.41) is 8.37. The Bertz CT molecular complexity index is 819. The lowest BCUT2D eigenvalue weighted by molar-refractivity contribution is -0.119. The Hall–Kier alpha value is -2.93. The Balaban J connectivity index is 1.97. The van der Waals surface area contributed by atoms with Gasteiger partial charge < -0.3 is 15.4 Å². The van der Waals surface area contributed by atoms with Gasteiger partial charge in [0.05, 0.1) is 18.1 Å². The third-order valence-corrected chi connectivity index (χ3v) is 3.78. The summed E-state index contributed by atoms with van der Waals surface area (Å²) in [5.74, 6) is 0.104. The number of thiocarbonyl (C=S) groups is 1. The first-order valence-corrected chi connectivity index (χ1v) is 8.97. The quantitative estimate of drug-likeness (QED) is 0.667. The molecule has 0 unspecified atom stereocenters. The van der Waals surface area contributed by atoms with Gasteiger partial charge in [0.1, 0.15) is 5.75 Å². The second-order valence-electron chi connectivity index (χ2n) is 6.12. The fraction of sp³-hybridized carbons (Fsp3) is 0.250. The molecule has 2 rings (SSSR count). The summed E-state index contributed by atoms with van der Waals surface area (Å²) in [7, 11) is 1.60. The van der Waals surface area contributed by atoms with Gasteiger partial charge in [0.15, 0.2) is 5.11 Å². The van der Waals surface area contributed by atoms with Gasteiger partial charge in [-0.25, -0.2) is 0 Å². The predicted octanol–water partition coefficient (Wildman–Crippen LogP) is 2.89. The lowest BCUT2D eigenvalue weighted by Gasteiger charge is -2.15. The van der Waals surface area contributed by atoms with Crippen molar-refractivity contribution in [2.24, 2.45) is 0 Å². The predicted molar refractivity (Wildman–Crippen MR) is 110 cm³/mol. The largest absolute Gasteiger partial charge is 0.490 e. The Morgan fingerprint density at radius 1 is 1.07 bits per heavy atom. The van der Waals surface area contributed by atoms with Crippen LogP contribution in [0.2, 0.25) is 0 Å². The Kier molecular flexibility index (Phi) is 7.31. The van der Waals surface area contributed by atoms with Gasteiger partial charge in [-0.2, -0.15) is 0 Å². The van der Waals surface area contributed by atoms with Crippen molar-refractivity contribution in [3.63, 3.8) is 0 Å². The van der Waals surface area contributed by atoms with Crippen LogP contribution < -0.4 is 20.7 Å². The van der Waals surface area contributed by atoms with Crippen LogP contribution in [0, 0.1) is 0 Å². The lowest BCUT2D eigenvalue weighted by Crippen LogP contribution is -2.34. The third-order valence-electron chi connectivity index (χ3n) is 3.58. The van der Waals surface area contributed by atoms with E-state index in [1.807, 2.05) is 32.0 Å². The van der Waals surface area contributed by atoms with Gasteiger partial charge in [-0.05, 0) is 55.9 Å². The topological polar surface area (TPSA) is 79.5 Å². The van der Waals surface area contributed by atoms with Gasteiger partial charge in [0, 0.05) is 12.7 Å². The minimum Gasteiger partial charge on any atom is -0.490 e. The second kappa shape index (κ2) is 9.68. The van der Waals surface area contributed by atoms with Gasteiger partial charge in [0.2, 0.25) is 5.91 Å². The van der Waals surface area contributed by atoms with Crippen LogP contribution in [-0.2, 0) is 11.2 Å². The Morgan fingerprint density at radius 3 is 2.37 bits per heavy atom. The number of anilines is 1. The Morgan fingerprint density at radius 2 is 1.74 bits per heavy atom. The molecule has 2 amide bonds. The SMILES string of the molecule is CNC(=O)Cc1ccc(NC(=S)NC(=O)c2ccccc2OC(C)C)cc1. The molecule has 6 nitrogen and oxygen atoms in total. The molecule has 0 fully saturated rings. The first-order valence-electron chi connectivity index (χ1n) is 8.56. The van der Waals surface area contributed by atoms with E-state index in [1.165, 1.54) is 0 Å². The van der Waals surface area contributed by atoms with Crippen LogP contribution in [0.1, 0.15) is 29.8 Å². The molecule has 27 heavy (non-hydrogen) atoms. The molecule has 2 aromatic carbocycles. The average Bonchev–Trinajstić information content (AvgIpc) is 2.63. The van der Waals surface area contributed by atoms with Crippen LogP contribution in [-0.4, -0.2) is 30.1 Å². The van der Waals surface area contributed by atoms with Crippen molar-refractivity contribution in [3.05, 3.63) is 59.7 Å². The standard InChI is InChI=1S/C20H23N3O3S/c1-13(2)26-17-7-5-4-6-16(17)19(25)23-20(27)22-15-10-8-14(9-11-15)12-18(24)21-3/h4-11,13H,12H2,1-3H3,(H,21,24)(H2,22,23,25,27). The zero-order valence-electron chi connectivity index (χ0n) is 15.5. The van der Waals surface area contributed by atoms with Crippen molar-refractivity contribution in [1.29, 1.82) is 0 Å². The van der Waals surface area contributed by atoms with Crippen molar-refractivity contribution >= 4 is 34.8 Å². The van der Waals surface area contributed by atoms with E-state index in [2.05, 4.69) is 16.0 Å². The number of amides is 2. The highest BCUT2D eigenvalue weighted by atomic mass is 32.1. The fourth-order valence-corrected chi connectivity index (χ4v) is 2.53. The van der Waals surface area contributed by atoms with Crippen molar-refractivity contribution in [2.75, 3.05) is 12.4 Å². The number of rotatable bonds is 6. The van der Waals surface area contributed by atoms with E-state index in [9.17, 15) is 9.59 Å². The van der Waals surface area contributed by atoms with Gasteiger partial charge in [-0.1, -0.05) is 24.3 Å². The molecule has 0 aromatic heterocycles. The number of benzene rings is 2. The normalized spacial score (nSPS) is 10.2. The molecule has 7 heteroatoms. The summed E-state index contributed by atoms with van der Waals surface area (Å²) in [4.78, 5) is 23.9.